The van der Waals surface area contributed by atoms with Crippen molar-refractivity contribution in [1.29, 1.82) is 0 Å². The van der Waals surface area contributed by atoms with Crippen molar-refractivity contribution in [3.8, 4) is 0 Å². The van der Waals surface area contributed by atoms with Gasteiger partial charge in [0.15, 0.2) is 6.10 Å². The zero-order chi connectivity index (χ0) is 19.5. The number of allylic oxidation sites excluding steroid dienone is 5. The molecule has 0 fully saturated rings. The molecule has 0 aliphatic heterocycles. The second-order valence-electron chi connectivity index (χ2n) is 5.40. The van der Waals surface area contributed by atoms with Crippen molar-refractivity contribution in [3.63, 3.8) is 0 Å². The first kappa shape index (κ1) is 24.2. The van der Waals surface area contributed by atoms with Crippen molar-refractivity contribution in [2.75, 3.05) is 19.5 Å². The first-order chi connectivity index (χ1) is 12.6. The van der Waals surface area contributed by atoms with Crippen molar-refractivity contribution >= 4 is 23.7 Å². The third-order valence-electron chi connectivity index (χ3n) is 3.19. The van der Waals surface area contributed by atoms with Gasteiger partial charge in [-0.25, -0.2) is 9.59 Å². The fraction of sp³-hybridized carbons (Fsp3) is 0.500. The van der Waals surface area contributed by atoms with Gasteiger partial charge < -0.3 is 14.6 Å². The number of aliphatic hydroxyl groups is 1. The first-order valence-electron chi connectivity index (χ1n) is 8.76. The Bertz CT molecular complexity index is 494. The summed E-state index contributed by atoms with van der Waals surface area (Å²) in [6.45, 7) is 1.43. The molecule has 1 unspecified atom stereocenters. The van der Waals surface area contributed by atoms with Crippen LogP contribution in [0, 0.1) is 0 Å². The van der Waals surface area contributed by atoms with Gasteiger partial charge in [0.2, 0.25) is 0 Å². The molecule has 146 valence electrons. The Morgan fingerprint density at radius 2 is 1.77 bits per heavy atom. The van der Waals surface area contributed by atoms with Gasteiger partial charge in [0.05, 0.1) is 6.61 Å². The fourth-order valence-electron chi connectivity index (χ4n) is 1.85. The van der Waals surface area contributed by atoms with Crippen molar-refractivity contribution in [1.82, 2.24) is 0 Å². The second kappa shape index (κ2) is 18.0. The van der Waals surface area contributed by atoms with E-state index < -0.39 is 24.6 Å². The second-order valence-corrected chi connectivity index (χ2v) is 6.15. The van der Waals surface area contributed by atoms with Crippen LogP contribution in [-0.4, -0.2) is 42.6 Å². The molecular formula is C20H30O5S. The zero-order valence-corrected chi connectivity index (χ0v) is 16.5. The molecule has 0 saturated carbocycles. The van der Waals surface area contributed by atoms with Crippen LogP contribution < -0.4 is 0 Å². The van der Waals surface area contributed by atoms with E-state index in [0.29, 0.717) is 0 Å². The summed E-state index contributed by atoms with van der Waals surface area (Å²) in [6.07, 6.45) is 18.8. The Morgan fingerprint density at radius 1 is 1.04 bits per heavy atom. The number of aliphatic hydroxyl groups excluding tert-OH is 1. The molecule has 0 heterocycles. The normalized spacial score (nSPS) is 13.2. The summed E-state index contributed by atoms with van der Waals surface area (Å²) >= 11 is 1.36. The number of esters is 2. The summed E-state index contributed by atoms with van der Waals surface area (Å²) in [7, 11) is 0. The lowest BCUT2D eigenvalue weighted by molar-refractivity contribution is -0.154. The smallest absolute Gasteiger partial charge is 0.331 e. The monoisotopic (exact) mass is 382 g/mol. The Kier molecular flexibility index (Phi) is 16.8. The molecule has 0 saturated heterocycles. The summed E-state index contributed by atoms with van der Waals surface area (Å²) in [5.74, 6) is -1.13. The van der Waals surface area contributed by atoms with Gasteiger partial charge in [0, 0.05) is 12.2 Å². The number of carbonyl (C=O) groups is 2. The topological polar surface area (TPSA) is 72.8 Å². The van der Waals surface area contributed by atoms with Crippen LogP contribution in [0.3, 0.4) is 0 Å². The highest BCUT2D eigenvalue weighted by atomic mass is 32.2. The summed E-state index contributed by atoms with van der Waals surface area (Å²) < 4.78 is 9.90. The van der Waals surface area contributed by atoms with Crippen molar-refractivity contribution in [2.45, 2.75) is 45.1 Å². The maximum absolute atomic E-state index is 11.6. The van der Waals surface area contributed by atoms with E-state index in [1.54, 1.807) is 17.7 Å². The van der Waals surface area contributed by atoms with E-state index in [4.69, 9.17) is 14.6 Å². The molecule has 0 aromatic carbocycles. The number of thioether (sulfide) groups is 1. The third kappa shape index (κ3) is 15.7. The first-order valence-corrected chi connectivity index (χ1v) is 10.0. The highest BCUT2D eigenvalue weighted by Gasteiger charge is 2.13. The molecule has 6 heteroatoms. The molecule has 5 nitrogen and oxygen atoms in total. The predicted molar refractivity (Wildman–Crippen MR) is 107 cm³/mol. The average molecular weight is 383 g/mol. The maximum atomic E-state index is 11.6. The van der Waals surface area contributed by atoms with Gasteiger partial charge in [-0.3, -0.25) is 0 Å². The van der Waals surface area contributed by atoms with Crippen molar-refractivity contribution in [3.05, 3.63) is 47.9 Å². The minimum Gasteiger partial charge on any atom is -0.458 e. The van der Waals surface area contributed by atoms with Crippen LogP contribution in [0.4, 0.5) is 0 Å². The molecule has 0 aliphatic carbocycles. The summed E-state index contributed by atoms with van der Waals surface area (Å²) in [6, 6.07) is 0. The molecule has 0 aliphatic rings. The lowest BCUT2D eigenvalue weighted by Gasteiger charge is -2.13. The van der Waals surface area contributed by atoms with Gasteiger partial charge in [-0.15, -0.1) is 11.8 Å². The van der Waals surface area contributed by atoms with E-state index in [1.807, 2.05) is 19.1 Å². The Morgan fingerprint density at radius 3 is 2.42 bits per heavy atom. The number of hydrogen-bond acceptors (Lipinski definition) is 6. The molecule has 1 atom stereocenters. The molecule has 0 bridgehead atoms. The SMILES string of the molecule is CC=CCCCCCC=CC=CC(=O)OCC(CO)OC(=O)C=CSC. The number of carbonyl (C=O) groups excluding carboxylic acids is 2. The van der Waals surface area contributed by atoms with Gasteiger partial charge in [0.1, 0.15) is 6.61 Å². The van der Waals surface area contributed by atoms with Crippen LogP contribution in [0.15, 0.2) is 47.9 Å². The largest absolute Gasteiger partial charge is 0.458 e. The number of rotatable bonds is 14. The van der Waals surface area contributed by atoms with E-state index in [2.05, 4.69) is 12.2 Å². The number of ether oxygens (including phenoxy) is 2. The van der Waals surface area contributed by atoms with Crippen LogP contribution in [0.25, 0.3) is 0 Å². The standard InChI is InChI=1S/C20H30O5S/c1-3-4-5-6-7-8-9-10-11-12-13-19(22)24-17-18(16-21)25-20(23)14-15-26-2/h3-4,10-15,18,21H,5-9,16-17H2,1-2H3. The molecule has 0 aromatic rings. The van der Waals surface area contributed by atoms with Gasteiger partial charge in [-0.2, -0.15) is 0 Å². The Balaban J connectivity index is 3.90. The molecule has 0 aromatic heterocycles. The average Bonchev–Trinajstić information content (AvgIpc) is 2.64. The minimum atomic E-state index is -0.871. The molecule has 1 N–H and O–H groups in total. The fourth-order valence-corrected chi connectivity index (χ4v) is 2.10. The minimum absolute atomic E-state index is 0.186. The van der Waals surface area contributed by atoms with Crippen LogP contribution >= 0.6 is 11.8 Å². The molecule has 0 radical (unpaired) electrons. The molecular weight excluding hydrogens is 352 g/mol. The summed E-state index contributed by atoms with van der Waals surface area (Å²) in [4.78, 5) is 23.0. The highest BCUT2D eigenvalue weighted by Crippen LogP contribution is 2.04. The van der Waals surface area contributed by atoms with E-state index in [-0.39, 0.29) is 6.61 Å². The lowest BCUT2D eigenvalue weighted by Crippen LogP contribution is -2.27. The van der Waals surface area contributed by atoms with Crippen LogP contribution in [-0.2, 0) is 19.1 Å². The third-order valence-corrected chi connectivity index (χ3v) is 3.60. The van der Waals surface area contributed by atoms with E-state index in [0.717, 1.165) is 19.3 Å². The maximum Gasteiger partial charge on any atom is 0.331 e. The van der Waals surface area contributed by atoms with Gasteiger partial charge in [-0.1, -0.05) is 36.8 Å². The van der Waals surface area contributed by atoms with Gasteiger partial charge in [0.25, 0.3) is 0 Å². The molecule has 0 rings (SSSR count). The van der Waals surface area contributed by atoms with E-state index >= 15 is 0 Å². The van der Waals surface area contributed by atoms with Crippen LogP contribution in [0.5, 0.6) is 0 Å². The number of hydrogen-bond donors (Lipinski definition) is 1. The van der Waals surface area contributed by atoms with Crippen molar-refractivity contribution < 1.29 is 24.2 Å². The Hall–Kier alpha value is -1.79. The summed E-state index contributed by atoms with van der Waals surface area (Å²) in [5, 5.41) is 10.7. The quantitative estimate of drug-likeness (QED) is 0.161. The van der Waals surface area contributed by atoms with E-state index in [1.165, 1.54) is 36.8 Å². The van der Waals surface area contributed by atoms with Gasteiger partial charge >= 0.3 is 11.9 Å². The number of unbranched alkanes of at least 4 members (excludes halogenated alkanes) is 4. The highest BCUT2D eigenvalue weighted by molar-refractivity contribution is 8.01. The molecule has 0 spiro atoms. The zero-order valence-electron chi connectivity index (χ0n) is 15.6. The van der Waals surface area contributed by atoms with Crippen molar-refractivity contribution in [2.24, 2.45) is 0 Å². The van der Waals surface area contributed by atoms with Crippen LogP contribution in [0.1, 0.15) is 39.0 Å². The van der Waals surface area contributed by atoms with Crippen LogP contribution in [0.2, 0.25) is 0 Å². The van der Waals surface area contributed by atoms with Gasteiger partial charge in [-0.05, 0) is 44.3 Å². The lowest BCUT2D eigenvalue weighted by atomic mass is 10.1. The molecule has 26 heavy (non-hydrogen) atoms. The summed E-state index contributed by atoms with van der Waals surface area (Å²) in [5.41, 5.74) is 0. The predicted octanol–water partition coefficient (Wildman–Crippen LogP) is 3.95. The van der Waals surface area contributed by atoms with E-state index in [9.17, 15) is 9.59 Å². The Labute approximate surface area is 160 Å². The molecule has 0 amide bonds.